The molecule has 2 N–H and O–H groups in total. The largest absolute Gasteiger partial charge is 0.464 e. The fourth-order valence-electron chi connectivity index (χ4n) is 10.1. The number of benzene rings is 1. The SMILES string of the molecule is C=CC(=O)N1CCC2(CCN([C@H](C(=O)N[C@H]3Cc4nc(cs4)-c4ccc5c(c4)c(c(-c4cccnc4[C@H](C)OC)n5C)CC(C)(C)COC(=O)[C@@H]4CCCN(N4)C3=O)C(C)C)C2=O)C1. The molecule has 0 radical (unpaired) electrons. The second-order valence-corrected chi connectivity index (χ2v) is 20.0. The van der Waals surface area contributed by atoms with Crippen LogP contribution < -0.4 is 10.7 Å². The summed E-state index contributed by atoms with van der Waals surface area (Å²) in [5, 5.41) is 8.14. The van der Waals surface area contributed by atoms with Gasteiger partial charge in [0.15, 0.2) is 0 Å². The number of hydrazine groups is 1. The highest BCUT2D eigenvalue weighted by Crippen LogP contribution is 2.43. The number of thiazole rings is 1. The number of nitrogens with zero attached hydrogens (tertiary/aromatic N) is 6. The molecule has 0 saturated carbocycles. The average Bonchev–Trinajstić information content (AvgIpc) is 4.07. The minimum absolute atomic E-state index is 0.0858. The molecule has 15 nitrogen and oxygen atoms in total. The fourth-order valence-corrected chi connectivity index (χ4v) is 11.0. The van der Waals surface area contributed by atoms with Crippen LogP contribution in [0, 0.1) is 16.7 Å². The van der Waals surface area contributed by atoms with Gasteiger partial charge in [0.25, 0.3) is 5.91 Å². The van der Waals surface area contributed by atoms with Gasteiger partial charge in [0.05, 0.1) is 40.2 Å². The lowest BCUT2D eigenvalue weighted by Crippen LogP contribution is -2.62. The Kier molecular flexibility index (Phi) is 12.6. The Bertz CT molecular complexity index is 2500. The number of amides is 4. The number of esters is 1. The minimum atomic E-state index is -1.07. The number of fused-ring (bicyclic) bond motifs is 6. The van der Waals surface area contributed by atoms with Gasteiger partial charge < -0.3 is 29.2 Å². The summed E-state index contributed by atoms with van der Waals surface area (Å²) in [6, 6.07) is 7.61. The van der Waals surface area contributed by atoms with E-state index in [-0.39, 0.29) is 43.4 Å². The minimum Gasteiger partial charge on any atom is -0.464 e. The predicted octanol–water partition coefficient (Wildman–Crippen LogP) is 5.38. The number of nitrogens with one attached hydrogen (secondary N) is 2. The Labute approximate surface area is 378 Å². The first-order valence-electron chi connectivity index (χ1n) is 22.4. The zero-order valence-electron chi connectivity index (χ0n) is 37.9. The van der Waals surface area contributed by atoms with Gasteiger partial charge in [-0.15, -0.1) is 11.3 Å². The molecule has 16 heteroatoms. The van der Waals surface area contributed by atoms with Gasteiger partial charge in [-0.3, -0.25) is 34.0 Å². The maximum absolute atomic E-state index is 14.6. The lowest BCUT2D eigenvalue weighted by molar-refractivity contribution is -0.155. The lowest BCUT2D eigenvalue weighted by atomic mass is 9.84. The van der Waals surface area contributed by atoms with E-state index in [1.54, 1.807) is 23.1 Å². The van der Waals surface area contributed by atoms with Gasteiger partial charge in [-0.1, -0.05) is 40.3 Å². The maximum Gasteiger partial charge on any atom is 0.324 e. The highest BCUT2D eigenvalue weighted by molar-refractivity contribution is 7.10. The normalized spacial score (nSPS) is 23.7. The molecule has 1 unspecified atom stereocenters. The molecule has 4 aliphatic heterocycles. The van der Waals surface area contributed by atoms with E-state index in [1.807, 2.05) is 38.3 Å². The molecule has 4 amide bonds. The van der Waals surface area contributed by atoms with Crippen molar-refractivity contribution in [3.05, 3.63) is 70.8 Å². The highest BCUT2D eigenvalue weighted by atomic mass is 32.1. The molecule has 3 aromatic heterocycles. The Balaban J connectivity index is 1.15. The van der Waals surface area contributed by atoms with Gasteiger partial charge >= 0.3 is 5.97 Å². The zero-order valence-corrected chi connectivity index (χ0v) is 38.8. The monoisotopic (exact) mass is 892 g/mol. The quantitative estimate of drug-likeness (QED) is 0.173. The zero-order chi connectivity index (χ0) is 45.7. The van der Waals surface area contributed by atoms with Crippen molar-refractivity contribution < 1.29 is 33.4 Å². The number of pyridine rings is 1. The number of aryl methyl sites for hydroxylation is 1. The first kappa shape index (κ1) is 45.1. The summed E-state index contributed by atoms with van der Waals surface area (Å²) in [6.45, 7) is 15.1. The molecule has 8 rings (SSSR count). The van der Waals surface area contributed by atoms with Crippen LogP contribution in [0.1, 0.15) is 82.7 Å². The summed E-state index contributed by atoms with van der Waals surface area (Å²) < 4.78 is 14.1. The van der Waals surface area contributed by atoms with Gasteiger partial charge in [-0.05, 0) is 80.9 Å². The van der Waals surface area contributed by atoms with E-state index in [2.05, 4.69) is 61.0 Å². The first-order chi connectivity index (χ1) is 30.5. The highest BCUT2D eigenvalue weighted by Gasteiger charge is 2.54. The van der Waals surface area contributed by atoms with Crippen LogP contribution in [0.5, 0.6) is 0 Å². The number of rotatable bonds is 8. The number of carbonyl (C=O) groups excluding carboxylic acids is 5. The van der Waals surface area contributed by atoms with Gasteiger partial charge in [0.1, 0.15) is 18.1 Å². The van der Waals surface area contributed by atoms with Gasteiger partial charge in [-0.25, -0.2) is 10.4 Å². The van der Waals surface area contributed by atoms with Gasteiger partial charge in [0.2, 0.25) is 17.7 Å². The van der Waals surface area contributed by atoms with Crippen LogP contribution in [0.3, 0.4) is 0 Å². The summed E-state index contributed by atoms with van der Waals surface area (Å²) in [5.74, 6) is -1.96. The summed E-state index contributed by atoms with van der Waals surface area (Å²) in [7, 11) is 3.73. The van der Waals surface area contributed by atoms with Crippen molar-refractivity contribution >= 4 is 51.8 Å². The molecule has 4 aliphatic rings. The van der Waals surface area contributed by atoms with E-state index in [9.17, 15) is 24.0 Å². The molecule has 1 spiro atoms. The molecule has 3 saturated heterocycles. The van der Waals surface area contributed by atoms with Gasteiger partial charge in [-0.2, -0.15) is 0 Å². The second kappa shape index (κ2) is 17.8. The third-order valence-electron chi connectivity index (χ3n) is 13.6. The fraction of sp³-hybridized carbons (Fsp3) is 0.521. The predicted molar refractivity (Wildman–Crippen MR) is 243 cm³/mol. The van der Waals surface area contributed by atoms with E-state index >= 15 is 0 Å². The van der Waals surface area contributed by atoms with E-state index in [0.717, 1.165) is 44.7 Å². The van der Waals surface area contributed by atoms with Crippen molar-refractivity contribution in [1.29, 1.82) is 0 Å². The number of likely N-dealkylation sites (tertiary alicyclic amines) is 2. The topological polar surface area (TPSA) is 168 Å². The smallest absolute Gasteiger partial charge is 0.324 e. The molecule has 7 heterocycles. The third kappa shape index (κ3) is 8.47. The van der Waals surface area contributed by atoms with Crippen molar-refractivity contribution in [2.45, 2.75) is 97.4 Å². The van der Waals surface area contributed by atoms with Gasteiger partial charge in [0, 0.05) is 85.8 Å². The van der Waals surface area contributed by atoms with E-state index in [0.29, 0.717) is 56.7 Å². The Morgan fingerprint density at radius 1 is 1.11 bits per heavy atom. The lowest BCUT2D eigenvalue weighted by Gasteiger charge is -2.36. The number of ether oxygens (including phenoxy) is 2. The average molecular weight is 893 g/mol. The Hall–Kier alpha value is -5.45. The summed E-state index contributed by atoms with van der Waals surface area (Å²) in [4.78, 5) is 82.9. The van der Waals surface area contributed by atoms with Crippen LogP contribution in [-0.2, 0) is 53.3 Å². The molecule has 64 heavy (non-hydrogen) atoms. The number of aromatic nitrogens is 3. The summed E-state index contributed by atoms with van der Waals surface area (Å²) in [6.07, 6.45) is 5.50. The molecule has 0 aliphatic carbocycles. The summed E-state index contributed by atoms with van der Waals surface area (Å²) >= 11 is 1.41. The van der Waals surface area contributed by atoms with Crippen LogP contribution in [-0.4, -0.2) is 117 Å². The van der Waals surface area contributed by atoms with Crippen LogP contribution in [0.25, 0.3) is 33.4 Å². The third-order valence-corrected chi connectivity index (χ3v) is 14.5. The molecule has 6 bridgehead atoms. The first-order valence-corrected chi connectivity index (χ1v) is 23.2. The standard InChI is InChI=1S/C48H60N8O7S/c1-9-39(57)54-20-16-48(26-54)17-21-55(46(48)61)41(28(2)3)43(58)51-35-23-38-50-36(25-64-38)30-14-15-37-32(22-30)33(42(53(37)7)31-12-10-18-49-40(31)29(4)62-8)24-47(5,6)27-63-45(60)34-13-11-19-56(52-34)44(35)59/h9-10,12,14-15,18,22,25,28-29,34-35,41,52H,1,11,13,16-17,19-21,23-24,26-27H2,2-8H3,(H,51,58)/t29-,34-,35-,41-,48?/m0/s1. The number of methoxy groups -OCH3 is 1. The van der Waals surface area contributed by atoms with Crippen LogP contribution in [0.2, 0.25) is 0 Å². The second-order valence-electron chi connectivity index (χ2n) is 19.0. The van der Waals surface area contributed by atoms with Crippen LogP contribution >= 0.6 is 11.3 Å². The summed E-state index contributed by atoms with van der Waals surface area (Å²) in [5.41, 5.74) is 8.40. The number of hydrogen-bond acceptors (Lipinski definition) is 11. The molecule has 5 atom stereocenters. The van der Waals surface area contributed by atoms with E-state index in [1.165, 1.54) is 22.4 Å². The van der Waals surface area contributed by atoms with Crippen molar-refractivity contribution in [3.63, 3.8) is 0 Å². The molecular weight excluding hydrogens is 833 g/mol. The number of cyclic esters (lactones) is 1. The van der Waals surface area contributed by atoms with Crippen molar-refractivity contribution in [3.8, 4) is 22.5 Å². The number of hydrogen-bond donors (Lipinski definition) is 2. The molecule has 340 valence electrons. The van der Waals surface area contributed by atoms with Crippen molar-refractivity contribution in [2.24, 2.45) is 23.8 Å². The Morgan fingerprint density at radius 2 is 1.89 bits per heavy atom. The Morgan fingerprint density at radius 3 is 2.64 bits per heavy atom. The maximum atomic E-state index is 14.6. The van der Waals surface area contributed by atoms with Crippen LogP contribution in [0.15, 0.2) is 54.6 Å². The van der Waals surface area contributed by atoms with E-state index in [4.69, 9.17) is 19.4 Å². The molecule has 4 aromatic rings. The molecular formula is C48H60N8O7S. The molecule has 3 fully saturated rings. The van der Waals surface area contributed by atoms with Crippen molar-refractivity contribution in [1.82, 2.24) is 40.1 Å². The van der Waals surface area contributed by atoms with E-state index < -0.39 is 46.7 Å². The van der Waals surface area contributed by atoms with Crippen LogP contribution in [0.4, 0.5) is 0 Å². The van der Waals surface area contributed by atoms with Crippen molar-refractivity contribution in [2.75, 3.05) is 39.9 Å². The molecule has 1 aromatic carbocycles. The number of carbonyl (C=O) groups is 5.